The molecule has 1 aliphatic heterocycles. The van der Waals surface area contributed by atoms with E-state index in [9.17, 15) is 14.7 Å². The molecule has 1 aromatic carbocycles. The maximum absolute atomic E-state index is 12.8. The first-order valence-electron chi connectivity index (χ1n) is 9.93. The van der Waals surface area contributed by atoms with E-state index in [0.717, 1.165) is 19.4 Å². The lowest BCUT2D eigenvalue weighted by molar-refractivity contribution is -0.00593. The van der Waals surface area contributed by atoms with Gasteiger partial charge < -0.3 is 15.0 Å². The van der Waals surface area contributed by atoms with Crippen molar-refractivity contribution in [1.82, 2.24) is 14.8 Å². The number of fused-ring (bicyclic) bond motifs is 2. The molecule has 0 bridgehead atoms. The first kappa shape index (κ1) is 18.9. The second kappa shape index (κ2) is 7.18. The minimum absolute atomic E-state index is 0.0114. The minimum atomic E-state index is -0.486. The lowest BCUT2D eigenvalue weighted by atomic mass is 9.72. The number of nitrogens with one attached hydrogen (secondary N) is 1. The molecule has 148 valence electrons. The Morgan fingerprint density at radius 3 is 2.61 bits per heavy atom. The van der Waals surface area contributed by atoms with Gasteiger partial charge in [-0.1, -0.05) is 31.2 Å². The van der Waals surface area contributed by atoms with Crippen LogP contribution in [0.1, 0.15) is 47.3 Å². The van der Waals surface area contributed by atoms with Gasteiger partial charge in [0, 0.05) is 30.8 Å². The van der Waals surface area contributed by atoms with Crippen molar-refractivity contribution < 1.29 is 9.90 Å². The Hall–Kier alpha value is -2.44. The minimum Gasteiger partial charge on any atom is -0.390 e. The summed E-state index contributed by atoms with van der Waals surface area (Å²) in [6.45, 7) is 4.15. The number of benzene rings is 1. The zero-order valence-corrected chi connectivity index (χ0v) is 16.4. The third-order valence-corrected chi connectivity index (χ3v) is 6.63. The number of hydrogen-bond donors (Lipinski definition) is 2. The van der Waals surface area contributed by atoms with E-state index in [1.54, 1.807) is 6.07 Å². The molecule has 6 nitrogen and oxygen atoms in total. The zero-order valence-electron chi connectivity index (χ0n) is 16.4. The summed E-state index contributed by atoms with van der Waals surface area (Å²) >= 11 is 0. The van der Waals surface area contributed by atoms with E-state index in [2.05, 4.69) is 36.0 Å². The standard InChI is InChI=1S/C22H27N3O3/c1-3-24(2)19-16-6-4-5-7-17(16)22(20(19)27)10-12-25(13-11-22)21(28)15-8-9-18(26)23-14-15/h4-9,14,19-20,27H,3,10-13H2,1-2H3,(H,23,26)/t19-,20+/m1/s1. The van der Waals surface area contributed by atoms with Gasteiger partial charge in [-0.25, -0.2) is 0 Å². The molecule has 2 aromatic rings. The Bertz CT molecular complexity index is 910. The number of aromatic amines is 1. The van der Waals surface area contributed by atoms with E-state index in [1.807, 2.05) is 17.0 Å². The Labute approximate surface area is 164 Å². The Morgan fingerprint density at radius 2 is 1.96 bits per heavy atom. The average molecular weight is 381 g/mol. The zero-order chi connectivity index (χ0) is 19.9. The number of pyridine rings is 1. The average Bonchev–Trinajstić information content (AvgIpc) is 2.96. The molecule has 1 saturated heterocycles. The Balaban J connectivity index is 1.58. The number of carbonyl (C=O) groups excluding carboxylic acids is 1. The maximum atomic E-state index is 12.8. The number of rotatable bonds is 3. The predicted octanol–water partition coefficient (Wildman–Crippen LogP) is 1.92. The molecule has 2 aliphatic rings. The topological polar surface area (TPSA) is 76.6 Å². The van der Waals surface area contributed by atoms with Crippen molar-refractivity contribution in [3.8, 4) is 0 Å². The SMILES string of the molecule is CCN(C)[C@@H]1c2ccccc2C2(CCN(C(=O)c3ccc(=O)[nH]c3)CC2)[C@H]1O. The van der Waals surface area contributed by atoms with Gasteiger partial charge in [-0.15, -0.1) is 0 Å². The monoisotopic (exact) mass is 381 g/mol. The molecule has 2 heterocycles. The number of carbonyl (C=O) groups is 1. The molecule has 1 spiro atoms. The van der Waals surface area contributed by atoms with Crippen LogP contribution >= 0.6 is 0 Å². The van der Waals surface area contributed by atoms with Gasteiger partial charge in [-0.2, -0.15) is 0 Å². The Kier molecular flexibility index (Phi) is 4.85. The number of aromatic nitrogens is 1. The molecule has 6 heteroatoms. The van der Waals surface area contributed by atoms with Gasteiger partial charge in [0.1, 0.15) is 0 Å². The molecule has 1 aliphatic carbocycles. The number of hydrogen-bond acceptors (Lipinski definition) is 4. The number of aliphatic hydroxyl groups excluding tert-OH is 1. The molecule has 28 heavy (non-hydrogen) atoms. The number of aliphatic hydroxyl groups is 1. The van der Waals surface area contributed by atoms with Crippen LogP contribution in [0.5, 0.6) is 0 Å². The van der Waals surface area contributed by atoms with Gasteiger partial charge in [-0.05, 0) is 43.6 Å². The van der Waals surface area contributed by atoms with Crippen LogP contribution in [0.3, 0.4) is 0 Å². The number of amides is 1. The molecular formula is C22H27N3O3. The fourth-order valence-electron chi connectivity index (χ4n) is 4.92. The van der Waals surface area contributed by atoms with Crippen LogP contribution in [0.2, 0.25) is 0 Å². The third-order valence-electron chi connectivity index (χ3n) is 6.63. The van der Waals surface area contributed by atoms with E-state index in [4.69, 9.17) is 0 Å². The summed E-state index contributed by atoms with van der Waals surface area (Å²) in [5, 5.41) is 11.4. The second-order valence-electron chi connectivity index (χ2n) is 7.94. The maximum Gasteiger partial charge on any atom is 0.255 e. The number of H-pyrrole nitrogens is 1. The number of nitrogens with zero attached hydrogens (tertiary/aromatic N) is 2. The van der Waals surface area contributed by atoms with Crippen molar-refractivity contribution in [2.45, 2.75) is 37.3 Å². The fourth-order valence-corrected chi connectivity index (χ4v) is 4.92. The molecule has 2 atom stereocenters. The summed E-state index contributed by atoms with van der Waals surface area (Å²) in [7, 11) is 2.05. The van der Waals surface area contributed by atoms with Gasteiger partial charge in [0.15, 0.2) is 0 Å². The predicted molar refractivity (Wildman–Crippen MR) is 107 cm³/mol. The number of piperidine rings is 1. The van der Waals surface area contributed by atoms with Crippen LogP contribution in [0, 0.1) is 0 Å². The van der Waals surface area contributed by atoms with Gasteiger partial charge in [0.2, 0.25) is 5.56 Å². The van der Waals surface area contributed by atoms with Crippen molar-refractivity contribution >= 4 is 5.91 Å². The van der Waals surface area contributed by atoms with Crippen molar-refractivity contribution in [2.24, 2.45) is 0 Å². The summed E-state index contributed by atoms with van der Waals surface area (Å²) < 4.78 is 0. The summed E-state index contributed by atoms with van der Waals surface area (Å²) in [5.41, 5.74) is 2.40. The first-order chi connectivity index (χ1) is 13.5. The molecule has 2 N–H and O–H groups in total. The summed E-state index contributed by atoms with van der Waals surface area (Å²) in [6, 6.07) is 11.3. The smallest absolute Gasteiger partial charge is 0.255 e. The van der Waals surface area contributed by atoms with E-state index in [-0.39, 0.29) is 22.9 Å². The lowest BCUT2D eigenvalue weighted by Gasteiger charge is -2.43. The Morgan fingerprint density at radius 1 is 1.25 bits per heavy atom. The van der Waals surface area contributed by atoms with Crippen molar-refractivity contribution in [3.05, 3.63) is 69.6 Å². The molecule has 0 radical (unpaired) electrons. The molecule has 4 rings (SSSR count). The normalized spacial score (nSPS) is 23.2. The fraction of sp³-hybridized carbons (Fsp3) is 0.455. The van der Waals surface area contributed by atoms with Crippen LogP contribution in [-0.4, -0.2) is 58.6 Å². The molecule has 0 saturated carbocycles. The molecule has 0 unspecified atom stereocenters. The van der Waals surface area contributed by atoms with Gasteiger partial charge >= 0.3 is 0 Å². The largest absolute Gasteiger partial charge is 0.390 e. The highest BCUT2D eigenvalue weighted by molar-refractivity contribution is 5.94. The summed E-state index contributed by atoms with van der Waals surface area (Å²) in [6.07, 6.45) is 2.45. The van der Waals surface area contributed by atoms with Crippen LogP contribution in [-0.2, 0) is 5.41 Å². The number of likely N-dealkylation sites (N-methyl/N-ethyl adjacent to an activating group) is 1. The van der Waals surface area contributed by atoms with Crippen molar-refractivity contribution in [2.75, 3.05) is 26.7 Å². The second-order valence-corrected chi connectivity index (χ2v) is 7.94. The molecular weight excluding hydrogens is 354 g/mol. The first-order valence-corrected chi connectivity index (χ1v) is 9.93. The van der Waals surface area contributed by atoms with Crippen LogP contribution < -0.4 is 5.56 Å². The van der Waals surface area contributed by atoms with E-state index >= 15 is 0 Å². The van der Waals surface area contributed by atoms with E-state index in [0.29, 0.717) is 18.7 Å². The highest BCUT2D eigenvalue weighted by Crippen LogP contribution is 2.52. The number of likely N-dealkylation sites (tertiary alicyclic amines) is 1. The van der Waals surface area contributed by atoms with Crippen LogP contribution in [0.4, 0.5) is 0 Å². The van der Waals surface area contributed by atoms with Gasteiger partial charge in [0.25, 0.3) is 5.91 Å². The van der Waals surface area contributed by atoms with Gasteiger partial charge in [0.05, 0.1) is 17.7 Å². The van der Waals surface area contributed by atoms with Crippen LogP contribution in [0.15, 0.2) is 47.4 Å². The van der Waals surface area contributed by atoms with E-state index < -0.39 is 6.10 Å². The van der Waals surface area contributed by atoms with Crippen molar-refractivity contribution in [1.29, 1.82) is 0 Å². The lowest BCUT2D eigenvalue weighted by Crippen LogP contribution is -2.50. The van der Waals surface area contributed by atoms with Crippen molar-refractivity contribution in [3.63, 3.8) is 0 Å². The quantitative estimate of drug-likeness (QED) is 0.852. The van der Waals surface area contributed by atoms with E-state index in [1.165, 1.54) is 23.4 Å². The molecule has 1 aromatic heterocycles. The third kappa shape index (κ3) is 2.88. The highest BCUT2D eigenvalue weighted by Gasteiger charge is 2.53. The summed E-state index contributed by atoms with van der Waals surface area (Å²) in [4.78, 5) is 30.6. The molecule has 1 fully saturated rings. The molecule has 1 amide bonds. The van der Waals surface area contributed by atoms with Gasteiger partial charge in [-0.3, -0.25) is 14.5 Å². The summed E-state index contributed by atoms with van der Waals surface area (Å²) in [5.74, 6) is -0.0749. The highest BCUT2D eigenvalue weighted by atomic mass is 16.3. The van der Waals surface area contributed by atoms with Crippen LogP contribution in [0.25, 0.3) is 0 Å².